The highest BCUT2D eigenvalue weighted by molar-refractivity contribution is 7.16. The quantitative estimate of drug-likeness (QED) is 0.0966. The van der Waals surface area contributed by atoms with Gasteiger partial charge in [-0.15, -0.1) is 10.2 Å². The number of thiazole rings is 1. The Balaban J connectivity index is 1.29. The molecule has 0 saturated carbocycles. The number of hydrogen-bond donors (Lipinski definition) is 0. The molecule has 0 spiro atoms. The van der Waals surface area contributed by atoms with Crippen molar-refractivity contribution in [3.8, 4) is 0 Å². The maximum Gasteiger partial charge on any atom is 0.330 e. The third kappa shape index (κ3) is 9.00. The predicted molar refractivity (Wildman–Crippen MR) is 173 cm³/mol. The van der Waals surface area contributed by atoms with Crippen LogP contribution in [0.3, 0.4) is 0 Å². The van der Waals surface area contributed by atoms with Crippen LogP contribution < -0.4 is 4.90 Å². The van der Waals surface area contributed by atoms with Crippen molar-refractivity contribution in [2.24, 2.45) is 26.4 Å². The van der Waals surface area contributed by atoms with Gasteiger partial charge in [-0.1, -0.05) is 43.9 Å². The number of allylic oxidation sites excluding steroid dienone is 1. The van der Waals surface area contributed by atoms with Crippen LogP contribution in [0.2, 0.25) is 0 Å². The number of fused-ring (bicyclic) bond motifs is 1. The molecule has 1 atom stereocenters. The van der Waals surface area contributed by atoms with E-state index in [0.29, 0.717) is 37.7 Å². The fourth-order valence-corrected chi connectivity index (χ4v) is 5.20. The molecule has 1 aliphatic rings. The summed E-state index contributed by atoms with van der Waals surface area (Å²) in [7, 11) is 0. The number of likely N-dealkylation sites (N-methyl/N-ethyl adjacent to an activating group) is 1. The largest absolute Gasteiger partial charge is 0.465 e. The van der Waals surface area contributed by atoms with Gasteiger partial charge in [0, 0.05) is 31.1 Å². The molecule has 230 valence electrons. The Labute approximate surface area is 262 Å². The zero-order valence-electron chi connectivity index (χ0n) is 25.7. The van der Waals surface area contributed by atoms with E-state index in [1.165, 1.54) is 17.4 Å². The van der Waals surface area contributed by atoms with Crippen molar-refractivity contribution in [3.63, 3.8) is 0 Å². The minimum atomic E-state index is -0.422. The summed E-state index contributed by atoms with van der Waals surface area (Å²) in [4.78, 5) is 30.9. The van der Waals surface area contributed by atoms with Crippen LogP contribution in [0.1, 0.15) is 48.9 Å². The van der Waals surface area contributed by atoms with Crippen LogP contribution in [-0.2, 0) is 31.9 Å². The number of carbonyl (C=O) groups excluding carboxylic acids is 2. The molecule has 1 unspecified atom stereocenters. The Kier molecular flexibility index (Phi) is 11.6. The molecule has 0 amide bonds. The average Bonchev–Trinajstić information content (AvgIpc) is 3.60. The number of aryl methyl sites for hydroxylation is 1. The van der Waals surface area contributed by atoms with Gasteiger partial charge in [-0.25, -0.2) is 9.78 Å². The van der Waals surface area contributed by atoms with E-state index in [4.69, 9.17) is 9.47 Å². The lowest BCUT2D eigenvalue weighted by Gasteiger charge is -2.23. The third-order valence-electron chi connectivity index (χ3n) is 7.19. The van der Waals surface area contributed by atoms with Crippen molar-refractivity contribution in [2.45, 2.75) is 47.0 Å². The lowest BCUT2D eigenvalue weighted by molar-refractivity contribution is -0.147. The van der Waals surface area contributed by atoms with E-state index in [9.17, 15) is 9.59 Å². The summed E-state index contributed by atoms with van der Waals surface area (Å²) in [5.41, 5.74) is 6.36. The van der Waals surface area contributed by atoms with E-state index >= 15 is 0 Å². The number of benzene rings is 2. The SMILES string of the molecule is C=CC(=O)OCCN(CC)c1ccc(N=Nc2nc3c(s2)C=C(N=Nc2ccc(CCOC(=O)C(C)CC)cc2)C3)c(C)c1. The lowest BCUT2D eigenvalue weighted by Crippen LogP contribution is -2.27. The van der Waals surface area contributed by atoms with Crippen molar-refractivity contribution in [1.82, 2.24) is 4.98 Å². The number of anilines is 1. The Morgan fingerprint density at radius 3 is 2.55 bits per heavy atom. The summed E-state index contributed by atoms with van der Waals surface area (Å²) in [6.45, 7) is 13.3. The van der Waals surface area contributed by atoms with Gasteiger partial charge in [0.05, 0.1) is 46.7 Å². The molecule has 10 nitrogen and oxygen atoms in total. The molecule has 0 radical (unpaired) electrons. The second kappa shape index (κ2) is 15.8. The Morgan fingerprint density at radius 1 is 1.07 bits per heavy atom. The highest BCUT2D eigenvalue weighted by Gasteiger charge is 2.18. The highest BCUT2D eigenvalue weighted by atomic mass is 32.1. The molecule has 0 aliphatic heterocycles. The number of carbonyl (C=O) groups is 2. The third-order valence-corrected chi connectivity index (χ3v) is 8.11. The van der Waals surface area contributed by atoms with Gasteiger partial charge in [0.15, 0.2) is 0 Å². The summed E-state index contributed by atoms with van der Waals surface area (Å²) in [6, 6.07) is 13.7. The minimum Gasteiger partial charge on any atom is -0.465 e. The number of esters is 2. The molecular formula is C33H38N6O4S. The number of aromatic nitrogens is 1. The summed E-state index contributed by atoms with van der Waals surface area (Å²) < 4.78 is 10.4. The van der Waals surface area contributed by atoms with Crippen molar-refractivity contribution < 1.29 is 19.1 Å². The Bertz CT molecular complexity index is 1560. The van der Waals surface area contributed by atoms with Crippen LogP contribution in [0.15, 0.2) is 81.3 Å². The molecule has 44 heavy (non-hydrogen) atoms. The maximum atomic E-state index is 11.8. The molecular weight excluding hydrogens is 576 g/mol. The summed E-state index contributed by atoms with van der Waals surface area (Å²) in [5, 5.41) is 18.2. The van der Waals surface area contributed by atoms with Gasteiger partial charge in [-0.05, 0) is 67.8 Å². The molecule has 4 rings (SSSR count). The molecule has 0 saturated heterocycles. The predicted octanol–water partition coefficient (Wildman–Crippen LogP) is 8.24. The van der Waals surface area contributed by atoms with E-state index in [2.05, 4.69) is 43.8 Å². The number of azo groups is 2. The van der Waals surface area contributed by atoms with Crippen LogP contribution >= 0.6 is 11.3 Å². The molecule has 1 heterocycles. The molecule has 2 aromatic carbocycles. The first-order valence-electron chi connectivity index (χ1n) is 14.7. The van der Waals surface area contributed by atoms with Crippen LogP contribution in [0.25, 0.3) is 6.08 Å². The Hall–Kier alpha value is -4.51. The molecule has 0 bridgehead atoms. The van der Waals surface area contributed by atoms with Crippen molar-refractivity contribution in [3.05, 3.63) is 82.5 Å². The fraction of sp³-hybridized carbons (Fsp3) is 0.364. The van der Waals surface area contributed by atoms with Crippen molar-refractivity contribution in [2.75, 3.05) is 31.2 Å². The molecule has 11 heteroatoms. The monoisotopic (exact) mass is 614 g/mol. The molecule has 0 fully saturated rings. The van der Waals surface area contributed by atoms with Crippen LogP contribution in [-0.4, -0.2) is 43.2 Å². The first kappa shape index (κ1) is 32.4. The standard InChI is InChI=1S/C33H38N6O4S/c1-6-22(4)32(41)43-17-15-24-9-11-25(12-10-24)35-36-26-20-29-30(21-26)44-33(34-29)38-37-28-14-13-27(19-23(28)5)39(8-3)16-18-42-31(40)7-2/h7,9-14,19,21-22H,2,6,8,15-18,20H2,1,3-5H3. The van der Waals surface area contributed by atoms with Crippen molar-refractivity contribution in [1.29, 1.82) is 0 Å². The van der Waals surface area contributed by atoms with Crippen LogP contribution in [0.5, 0.6) is 0 Å². The number of nitrogens with zero attached hydrogens (tertiary/aromatic N) is 6. The van der Waals surface area contributed by atoms with E-state index in [1.807, 2.05) is 69.3 Å². The summed E-state index contributed by atoms with van der Waals surface area (Å²) in [5.74, 6) is -0.640. The maximum absolute atomic E-state index is 11.8. The highest BCUT2D eigenvalue weighted by Crippen LogP contribution is 2.36. The van der Waals surface area contributed by atoms with E-state index in [-0.39, 0.29) is 11.9 Å². The van der Waals surface area contributed by atoms with Gasteiger partial charge in [0.1, 0.15) is 6.61 Å². The topological polar surface area (TPSA) is 118 Å². The second-order valence-corrected chi connectivity index (χ2v) is 11.3. The van der Waals surface area contributed by atoms with Crippen molar-refractivity contribution >= 4 is 51.5 Å². The summed E-state index contributed by atoms with van der Waals surface area (Å²) in [6.07, 6.45) is 5.18. The molecule has 0 N–H and O–H groups in total. The van der Waals surface area contributed by atoms with Gasteiger partial charge < -0.3 is 14.4 Å². The molecule has 1 aliphatic carbocycles. The van der Waals surface area contributed by atoms with Gasteiger partial charge in [0.2, 0.25) is 5.13 Å². The normalized spacial score (nSPS) is 13.1. The summed E-state index contributed by atoms with van der Waals surface area (Å²) >= 11 is 1.47. The first-order valence-corrected chi connectivity index (χ1v) is 15.5. The van der Waals surface area contributed by atoms with E-state index in [0.717, 1.165) is 57.4 Å². The van der Waals surface area contributed by atoms with Crippen LogP contribution in [0.4, 0.5) is 22.2 Å². The van der Waals surface area contributed by atoms with Gasteiger partial charge in [-0.3, -0.25) is 4.79 Å². The zero-order chi connectivity index (χ0) is 31.5. The van der Waals surface area contributed by atoms with Gasteiger partial charge >= 0.3 is 11.9 Å². The number of rotatable bonds is 15. The lowest BCUT2D eigenvalue weighted by atomic mass is 10.1. The minimum absolute atomic E-state index is 0.0698. The number of ether oxygens (including phenoxy) is 2. The second-order valence-electron chi connectivity index (χ2n) is 10.3. The zero-order valence-corrected chi connectivity index (χ0v) is 26.5. The molecule has 3 aromatic rings. The van der Waals surface area contributed by atoms with Crippen LogP contribution in [0, 0.1) is 12.8 Å². The van der Waals surface area contributed by atoms with E-state index in [1.54, 1.807) is 0 Å². The number of hydrogen-bond acceptors (Lipinski definition) is 11. The average molecular weight is 615 g/mol. The first-order chi connectivity index (χ1) is 21.3. The smallest absolute Gasteiger partial charge is 0.330 e. The van der Waals surface area contributed by atoms with Gasteiger partial charge in [-0.2, -0.15) is 10.2 Å². The van der Waals surface area contributed by atoms with E-state index < -0.39 is 5.97 Å². The molecule has 1 aromatic heterocycles. The fourth-order valence-electron chi connectivity index (χ4n) is 4.33. The Morgan fingerprint density at radius 2 is 1.86 bits per heavy atom. The van der Waals surface area contributed by atoms with Gasteiger partial charge in [0.25, 0.3) is 0 Å².